The van der Waals surface area contributed by atoms with Gasteiger partial charge in [0.05, 0.1) is 10.9 Å². The van der Waals surface area contributed by atoms with E-state index >= 15 is 0 Å². The smallest absolute Gasteiger partial charge is 0.241 e. The van der Waals surface area contributed by atoms with Crippen LogP contribution in [0.1, 0.15) is 28.3 Å². The molecular formula is C23H22N2O2S. The summed E-state index contributed by atoms with van der Waals surface area (Å²) in [4.78, 5) is 3.51. The molecule has 1 aromatic heterocycles. The SMILES string of the molecule is Cc1ccc(S(=O)(=O)N[C@@H](c2cccc(C)c2)c2c[nH]c3ccccc23)cc1. The lowest BCUT2D eigenvalue weighted by molar-refractivity contribution is 0.572. The maximum absolute atomic E-state index is 13.1. The van der Waals surface area contributed by atoms with Crippen molar-refractivity contribution in [2.24, 2.45) is 0 Å². The first-order valence-corrected chi connectivity index (χ1v) is 10.6. The summed E-state index contributed by atoms with van der Waals surface area (Å²) in [7, 11) is -3.70. The van der Waals surface area contributed by atoms with Crippen LogP contribution in [0, 0.1) is 13.8 Å². The molecule has 0 unspecified atom stereocenters. The Hall–Kier alpha value is -2.89. The molecule has 0 bridgehead atoms. The number of sulfonamides is 1. The van der Waals surface area contributed by atoms with Gasteiger partial charge in [0.25, 0.3) is 0 Å². The van der Waals surface area contributed by atoms with Crippen molar-refractivity contribution in [2.75, 3.05) is 0 Å². The molecular weight excluding hydrogens is 368 g/mol. The van der Waals surface area contributed by atoms with Gasteiger partial charge in [0.1, 0.15) is 0 Å². The van der Waals surface area contributed by atoms with Crippen molar-refractivity contribution < 1.29 is 8.42 Å². The molecule has 1 heterocycles. The number of nitrogens with one attached hydrogen (secondary N) is 2. The second-order valence-electron chi connectivity index (χ2n) is 7.07. The Kier molecular flexibility index (Phi) is 4.79. The van der Waals surface area contributed by atoms with E-state index in [2.05, 4.69) is 9.71 Å². The zero-order valence-corrected chi connectivity index (χ0v) is 16.6. The lowest BCUT2D eigenvalue weighted by Gasteiger charge is -2.20. The summed E-state index contributed by atoms with van der Waals surface area (Å²) in [6.07, 6.45) is 1.88. The minimum absolute atomic E-state index is 0.260. The van der Waals surface area contributed by atoms with Crippen molar-refractivity contribution >= 4 is 20.9 Å². The Morgan fingerprint density at radius 3 is 2.36 bits per heavy atom. The average molecular weight is 391 g/mol. The Bertz CT molecular complexity index is 1220. The van der Waals surface area contributed by atoms with Crippen LogP contribution in [0.5, 0.6) is 0 Å². The second kappa shape index (κ2) is 7.26. The van der Waals surface area contributed by atoms with Crippen LogP contribution in [-0.2, 0) is 10.0 Å². The molecule has 0 saturated carbocycles. The number of para-hydroxylation sites is 1. The Labute approximate surface area is 165 Å². The third-order valence-corrected chi connectivity index (χ3v) is 6.35. The second-order valence-corrected chi connectivity index (χ2v) is 8.79. The van der Waals surface area contributed by atoms with Crippen LogP contribution in [-0.4, -0.2) is 13.4 Å². The number of benzene rings is 3. The molecule has 4 rings (SSSR count). The van der Waals surface area contributed by atoms with Gasteiger partial charge >= 0.3 is 0 Å². The highest BCUT2D eigenvalue weighted by Gasteiger charge is 2.25. The van der Waals surface area contributed by atoms with Gasteiger partial charge in [-0.2, -0.15) is 4.72 Å². The van der Waals surface area contributed by atoms with Crippen LogP contribution >= 0.6 is 0 Å². The third kappa shape index (κ3) is 3.59. The first-order valence-electron chi connectivity index (χ1n) is 9.16. The fourth-order valence-electron chi connectivity index (χ4n) is 3.43. The normalized spacial score (nSPS) is 12.9. The van der Waals surface area contributed by atoms with Crippen molar-refractivity contribution in [3.63, 3.8) is 0 Å². The topological polar surface area (TPSA) is 62.0 Å². The monoisotopic (exact) mass is 390 g/mol. The minimum atomic E-state index is -3.70. The molecule has 2 N–H and O–H groups in total. The van der Waals surface area contributed by atoms with E-state index in [1.165, 1.54) is 0 Å². The molecule has 0 amide bonds. The zero-order chi connectivity index (χ0) is 19.7. The lowest BCUT2D eigenvalue weighted by Crippen LogP contribution is -2.29. The number of hydrogen-bond donors (Lipinski definition) is 2. The molecule has 4 aromatic rings. The lowest BCUT2D eigenvalue weighted by atomic mass is 9.98. The fraction of sp³-hybridized carbons (Fsp3) is 0.130. The van der Waals surface area contributed by atoms with Crippen LogP contribution in [0.4, 0.5) is 0 Å². The molecule has 0 radical (unpaired) electrons. The van der Waals surface area contributed by atoms with Gasteiger partial charge in [0.2, 0.25) is 10.0 Å². The number of aryl methyl sites for hydroxylation is 2. The number of H-pyrrole nitrogens is 1. The van der Waals surface area contributed by atoms with E-state index in [0.29, 0.717) is 0 Å². The van der Waals surface area contributed by atoms with Crippen LogP contribution in [0.2, 0.25) is 0 Å². The maximum Gasteiger partial charge on any atom is 0.241 e. The van der Waals surface area contributed by atoms with E-state index in [1.807, 2.05) is 80.7 Å². The number of hydrogen-bond acceptors (Lipinski definition) is 2. The van der Waals surface area contributed by atoms with Gasteiger partial charge in [0.15, 0.2) is 0 Å². The Morgan fingerprint density at radius 1 is 0.857 bits per heavy atom. The van der Waals surface area contributed by atoms with Crippen molar-refractivity contribution in [1.82, 2.24) is 9.71 Å². The molecule has 0 fully saturated rings. The van der Waals surface area contributed by atoms with Gasteiger partial charge in [-0.15, -0.1) is 0 Å². The molecule has 5 heteroatoms. The van der Waals surface area contributed by atoms with E-state index < -0.39 is 16.1 Å². The van der Waals surface area contributed by atoms with Crippen LogP contribution in [0.25, 0.3) is 10.9 Å². The van der Waals surface area contributed by atoms with E-state index in [4.69, 9.17) is 0 Å². The molecule has 0 saturated heterocycles. The molecule has 28 heavy (non-hydrogen) atoms. The molecule has 1 atom stereocenters. The average Bonchev–Trinajstić information content (AvgIpc) is 3.10. The number of aromatic amines is 1. The third-order valence-electron chi connectivity index (χ3n) is 4.91. The molecule has 0 aliphatic heterocycles. The first-order chi connectivity index (χ1) is 13.4. The van der Waals surface area contributed by atoms with Gasteiger partial charge in [-0.1, -0.05) is 65.7 Å². The van der Waals surface area contributed by atoms with Crippen LogP contribution < -0.4 is 4.72 Å². The van der Waals surface area contributed by atoms with E-state index in [1.54, 1.807) is 12.1 Å². The summed E-state index contributed by atoms with van der Waals surface area (Å²) in [5.41, 5.74) is 4.88. The number of fused-ring (bicyclic) bond motifs is 1. The summed E-state index contributed by atoms with van der Waals surface area (Å²) in [6, 6.07) is 22.2. The largest absolute Gasteiger partial charge is 0.361 e. The highest BCUT2D eigenvalue weighted by Crippen LogP contribution is 2.31. The summed E-state index contributed by atoms with van der Waals surface area (Å²) < 4.78 is 29.2. The van der Waals surface area contributed by atoms with Gasteiger partial charge < -0.3 is 4.98 Å². The highest BCUT2D eigenvalue weighted by molar-refractivity contribution is 7.89. The van der Waals surface area contributed by atoms with Crippen molar-refractivity contribution in [3.05, 3.63) is 101 Å². The molecule has 3 aromatic carbocycles. The minimum Gasteiger partial charge on any atom is -0.361 e. The highest BCUT2D eigenvalue weighted by atomic mass is 32.2. The van der Waals surface area contributed by atoms with Gasteiger partial charge in [-0.05, 0) is 43.2 Å². The summed E-state index contributed by atoms with van der Waals surface area (Å²) in [6.45, 7) is 3.94. The first kappa shape index (κ1) is 18.5. The molecule has 0 aliphatic rings. The van der Waals surface area contributed by atoms with Gasteiger partial charge in [-0.25, -0.2) is 8.42 Å². The van der Waals surface area contributed by atoms with Gasteiger partial charge in [0, 0.05) is 17.1 Å². The summed E-state index contributed by atoms with van der Waals surface area (Å²) in [5.74, 6) is 0. The number of aromatic nitrogens is 1. The van der Waals surface area contributed by atoms with Crippen LogP contribution in [0.15, 0.2) is 83.9 Å². The molecule has 0 aliphatic carbocycles. The van der Waals surface area contributed by atoms with E-state index in [9.17, 15) is 8.42 Å². The van der Waals surface area contributed by atoms with E-state index in [0.717, 1.165) is 33.2 Å². The summed E-state index contributed by atoms with van der Waals surface area (Å²) in [5, 5.41) is 1.00. The van der Waals surface area contributed by atoms with Gasteiger partial charge in [-0.3, -0.25) is 0 Å². The van der Waals surface area contributed by atoms with Crippen molar-refractivity contribution in [3.8, 4) is 0 Å². The summed E-state index contributed by atoms with van der Waals surface area (Å²) >= 11 is 0. The fourth-order valence-corrected chi connectivity index (χ4v) is 4.64. The Morgan fingerprint density at radius 2 is 1.61 bits per heavy atom. The quantitative estimate of drug-likeness (QED) is 0.511. The van der Waals surface area contributed by atoms with Crippen molar-refractivity contribution in [1.29, 1.82) is 0 Å². The molecule has 0 spiro atoms. The standard InChI is InChI=1S/C23H22N2O2S/c1-16-10-12-19(13-11-16)28(26,27)25-23(18-7-5-6-17(2)14-18)21-15-24-22-9-4-3-8-20(21)22/h3-15,23-25H,1-2H3/t23-/m0/s1. The molecule has 4 nitrogen and oxygen atoms in total. The maximum atomic E-state index is 13.1. The van der Waals surface area contributed by atoms with E-state index in [-0.39, 0.29) is 4.90 Å². The predicted molar refractivity (Wildman–Crippen MR) is 113 cm³/mol. The zero-order valence-electron chi connectivity index (χ0n) is 15.8. The number of rotatable bonds is 5. The Balaban J connectivity index is 1.83. The predicted octanol–water partition coefficient (Wildman–Crippen LogP) is 4.85. The van der Waals surface area contributed by atoms with Crippen LogP contribution in [0.3, 0.4) is 0 Å². The van der Waals surface area contributed by atoms with Crippen molar-refractivity contribution in [2.45, 2.75) is 24.8 Å². The molecule has 142 valence electrons.